The minimum Gasteiger partial charge on any atom is -0.377 e. The Bertz CT molecular complexity index is 344. The molecule has 1 N–H and O–H groups in total. The van der Waals surface area contributed by atoms with Gasteiger partial charge in [0.25, 0.3) is 0 Å². The second kappa shape index (κ2) is 6.45. The van der Waals surface area contributed by atoms with E-state index in [2.05, 4.69) is 5.32 Å². The highest BCUT2D eigenvalue weighted by molar-refractivity contribution is 6.33. The van der Waals surface area contributed by atoms with E-state index in [1.165, 1.54) is 0 Å². The van der Waals surface area contributed by atoms with Gasteiger partial charge in [-0.05, 0) is 44.7 Å². The van der Waals surface area contributed by atoms with Crippen molar-refractivity contribution in [3.8, 4) is 0 Å². The molecule has 0 aliphatic carbocycles. The van der Waals surface area contributed by atoms with Crippen LogP contribution in [-0.2, 0) is 4.74 Å². The van der Waals surface area contributed by atoms with E-state index < -0.39 is 0 Å². The van der Waals surface area contributed by atoms with Crippen molar-refractivity contribution < 1.29 is 4.74 Å². The molecule has 0 amide bonds. The summed E-state index contributed by atoms with van der Waals surface area (Å²) in [5, 5.41) is 4.59. The van der Waals surface area contributed by atoms with Gasteiger partial charge in [0.15, 0.2) is 0 Å². The number of benzene rings is 1. The molecule has 0 saturated carbocycles. The van der Waals surface area contributed by atoms with Gasteiger partial charge in [-0.15, -0.1) is 0 Å². The molecule has 2 nitrogen and oxygen atoms in total. The van der Waals surface area contributed by atoms with Gasteiger partial charge in [0.2, 0.25) is 0 Å². The smallest absolute Gasteiger partial charge is 0.0741 e. The van der Waals surface area contributed by atoms with Gasteiger partial charge in [-0.3, -0.25) is 0 Å². The van der Waals surface area contributed by atoms with Gasteiger partial charge in [-0.25, -0.2) is 0 Å². The number of rotatable bonds is 5. The first-order valence-corrected chi connectivity index (χ1v) is 6.09. The Balaban J connectivity index is 2.98. The molecule has 1 aromatic rings. The third-order valence-corrected chi connectivity index (χ3v) is 3.08. The third kappa shape index (κ3) is 3.36. The van der Waals surface area contributed by atoms with E-state index in [0.717, 1.165) is 5.56 Å². The Morgan fingerprint density at radius 1 is 1.38 bits per heavy atom. The predicted octanol–water partition coefficient (Wildman–Crippen LogP) is 3.68. The van der Waals surface area contributed by atoms with Crippen molar-refractivity contribution in [3.05, 3.63) is 33.8 Å². The molecule has 0 aliphatic rings. The summed E-state index contributed by atoms with van der Waals surface area (Å²) in [6, 6.07) is 5.51. The number of nitrogens with one attached hydrogen (secondary N) is 1. The zero-order valence-corrected chi connectivity index (χ0v) is 11.3. The average molecular weight is 262 g/mol. The first-order valence-electron chi connectivity index (χ1n) is 5.34. The first-order chi connectivity index (χ1) is 7.60. The second-order valence-electron chi connectivity index (χ2n) is 3.59. The maximum Gasteiger partial charge on any atom is 0.0741 e. The van der Waals surface area contributed by atoms with E-state index in [0.29, 0.717) is 16.7 Å². The molecule has 0 fully saturated rings. The predicted molar refractivity (Wildman–Crippen MR) is 69.4 cm³/mol. The summed E-state index contributed by atoms with van der Waals surface area (Å²) in [6.45, 7) is 4.67. The van der Waals surface area contributed by atoms with E-state index in [-0.39, 0.29) is 12.1 Å². The largest absolute Gasteiger partial charge is 0.377 e. The molecule has 1 aromatic carbocycles. The summed E-state index contributed by atoms with van der Waals surface area (Å²) in [6.07, 6.45) is 0.0472. The second-order valence-corrected chi connectivity index (χ2v) is 4.44. The van der Waals surface area contributed by atoms with Gasteiger partial charge in [-0.2, -0.15) is 0 Å². The molecule has 2 atom stereocenters. The molecule has 0 aliphatic heterocycles. The fourth-order valence-corrected chi connectivity index (χ4v) is 2.17. The molecular formula is C12H17Cl2NO. The van der Waals surface area contributed by atoms with Crippen LogP contribution in [0.3, 0.4) is 0 Å². The van der Waals surface area contributed by atoms with Gasteiger partial charge >= 0.3 is 0 Å². The molecular weight excluding hydrogens is 245 g/mol. The van der Waals surface area contributed by atoms with Gasteiger partial charge in [0.1, 0.15) is 0 Å². The number of halogens is 2. The molecule has 2 unspecified atom stereocenters. The van der Waals surface area contributed by atoms with E-state index in [4.69, 9.17) is 27.9 Å². The van der Waals surface area contributed by atoms with Crippen LogP contribution in [0, 0.1) is 0 Å². The van der Waals surface area contributed by atoms with Crippen LogP contribution in [0.15, 0.2) is 18.2 Å². The van der Waals surface area contributed by atoms with Crippen LogP contribution in [0.25, 0.3) is 0 Å². The molecule has 1 rings (SSSR count). The zero-order chi connectivity index (χ0) is 12.1. The lowest BCUT2D eigenvalue weighted by Gasteiger charge is -2.24. The highest BCUT2D eigenvalue weighted by atomic mass is 35.5. The first kappa shape index (κ1) is 13.8. The maximum atomic E-state index is 6.16. The number of likely N-dealkylation sites (N-methyl/N-ethyl adjacent to an activating group) is 1. The standard InChI is InChI=1S/C12H17Cl2NO/c1-4-16-8(2)12(15-3)10-7-9(13)5-6-11(10)14/h5-8,12,15H,4H2,1-3H3. The molecule has 0 aromatic heterocycles. The molecule has 0 bridgehead atoms. The fourth-order valence-electron chi connectivity index (χ4n) is 1.76. The Hall–Kier alpha value is -0.280. The Kier molecular flexibility index (Phi) is 5.56. The lowest BCUT2D eigenvalue weighted by Crippen LogP contribution is -2.29. The molecule has 4 heteroatoms. The maximum absolute atomic E-state index is 6.16. The van der Waals surface area contributed by atoms with Gasteiger partial charge in [0.05, 0.1) is 12.1 Å². The van der Waals surface area contributed by atoms with Crippen LogP contribution in [0.5, 0.6) is 0 Å². The van der Waals surface area contributed by atoms with E-state index in [1.54, 1.807) is 6.07 Å². The van der Waals surface area contributed by atoms with Crippen molar-refractivity contribution in [1.29, 1.82) is 0 Å². The summed E-state index contributed by atoms with van der Waals surface area (Å²) >= 11 is 12.1. The van der Waals surface area contributed by atoms with Crippen LogP contribution in [0.1, 0.15) is 25.5 Å². The lowest BCUT2D eigenvalue weighted by atomic mass is 10.0. The average Bonchev–Trinajstić information content (AvgIpc) is 2.24. The SMILES string of the molecule is CCOC(C)C(NC)c1cc(Cl)ccc1Cl. The topological polar surface area (TPSA) is 21.3 Å². The van der Waals surface area contributed by atoms with Gasteiger partial charge < -0.3 is 10.1 Å². The minimum atomic E-state index is 0.0472. The third-order valence-electron chi connectivity index (χ3n) is 2.50. The number of ether oxygens (including phenoxy) is 1. The highest BCUT2D eigenvalue weighted by Crippen LogP contribution is 2.29. The Morgan fingerprint density at radius 3 is 2.62 bits per heavy atom. The zero-order valence-electron chi connectivity index (χ0n) is 9.76. The minimum absolute atomic E-state index is 0.0472. The van der Waals surface area contributed by atoms with Crippen molar-refractivity contribution in [2.75, 3.05) is 13.7 Å². The summed E-state index contributed by atoms with van der Waals surface area (Å²) < 4.78 is 5.58. The van der Waals surface area contributed by atoms with Gasteiger partial charge in [0, 0.05) is 16.7 Å². The summed E-state index contributed by atoms with van der Waals surface area (Å²) in [4.78, 5) is 0. The molecule has 16 heavy (non-hydrogen) atoms. The van der Waals surface area contributed by atoms with Crippen molar-refractivity contribution in [2.24, 2.45) is 0 Å². The lowest BCUT2D eigenvalue weighted by molar-refractivity contribution is 0.0493. The summed E-state index contributed by atoms with van der Waals surface area (Å²) in [7, 11) is 1.89. The van der Waals surface area contributed by atoms with E-state index >= 15 is 0 Å². The monoisotopic (exact) mass is 261 g/mol. The molecule has 90 valence electrons. The normalized spacial score (nSPS) is 14.8. The van der Waals surface area contributed by atoms with Crippen molar-refractivity contribution in [1.82, 2.24) is 5.32 Å². The van der Waals surface area contributed by atoms with Crippen LogP contribution in [0.4, 0.5) is 0 Å². The van der Waals surface area contributed by atoms with Crippen molar-refractivity contribution in [2.45, 2.75) is 26.0 Å². The van der Waals surface area contributed by atoms with Crippen LogP contribution in [-0.4, -0.2) is 19.8 Å². The van der Waals surface area contributed by atoms with Crippen LogP contribution >= 0.6 is 23.2 Å². The van der Waals surface area contributed by atoms with E-state index in [9.17, 15) is 0 Å². The van der Waals surface area contributed by atoms with Crippen LogP contribution < -0.4 is 5.32 Å². The molecule has 0 saturated heterocycles. The van der Waals surface area contributed by atoms with Crippen molar-refractivity contribution in [3.63, 3.8) is 0 Å². The van der Waals surface area contributed by atoms with Crippen LogP contribution in [0.2, 0.25) is 10.0 Å². The number of hydrogen-bond donors (Lipinski definition) is 1. The van der Waals surface area contributed by atoms with Crippen molar-refractivity contribution >= 4 is 23.2 Å². The van der Waals surface area contributed by atoms with Gasteiger partial charge in [-0.1, -0.05) is 23.2 Å². The summed E-state index contributed by atoms with van der Waals surface area (Å²) in [5.74, 6) is 0. The molecule has 0 spiro atoms. The molecule has 0 heterocycles. The summed E-state index contributed by atoms with van der Waals surface area (Å²) in [5.41, 5.74) is 0.970. The van der Waals surface area contributed by atoms with E-state index in [1.807, 2.05) is 33.0 Å². The Morgan fingerprint density at radius 2 is 2.06 bits per heavy atom. The quantitative estimate of drug-likeness (QED) is 0.874. The highest BCUT2D eigenvalue weighted by Gasteiger charge is 2.20. The molecule has 0 radical (unpaired) electrons. The Labute approximate surface area is 107 Å². The number of hydrogen-bond acceptors (Lipinski definition) is 2. The fraction of sp³-hybridized carbons (Fsp3) is 0.500.